The maximum Gasteiger partial charge on any atom is 0.416 e. The Kier molecular flexibility index (Phi) is 6.03. The van der Waals surface area contributed by atoms with E-state index in [-0.39, 0.29) is 28.2 Å². The molecule has 4 rings (SSSR count). The van der Waals surface area contributed by atoms with E-state index in [2.05, 4.69) is 22.2 Å². The Morgan fingerprint density at radius 3 is 2.53 bits per heavy atom. The second-order valence-electron chi connectivity index (χ2n) is 7.66. The Morgan fingerprint density at radius 2 is 1.82 bits per heavy atom. The average Bonchev–Trinajstić information content (AvgIpc) is 2.80. The summed E-state index contributed by atoms with van der Waals surface area (Å²) in [7, 11) is 1.44. The van der Waals surface area contributed by atoms with Gasteiger partial charge in [-0.1, -0.05) is 30.8 Å². The summed E-state index contributed by atoms with van der Waals surface area (Å²) < 4.78 is 74.4. The van der Waals surface area contributed by atoms with Gasteiger partial charge in [0, 0.05) is 28.5 Å². The Hall–Kier alpha value is -3.88. The molecule has 3 aromatic carbocycles. The lowest BCUT2D eigenvalue weighted by Crippen LogP contribution is -2.31. The number of alkyl halides is 3. The lowest BCUT2D eigenvalue weighted by Gasteiger charge is -2.29. The number of nitrogens with zero attached hydrogens (tertiary/aromatic N) is 1. The molecule has 0 fully saturated rings. The molecule has 3 aromatic rings. The lowest BCUT2D eigenvalue weighted by molar-refractivity contribution is -0.138. The van der Waals surface area contributed by atoms with Crippen molar-refractivity contribution in [3.05, 3.63) is 101 Å². The highest BCUT2D eigenvalue weighted by Crippen LogP contribution is 2.40. The van der Waals surface area contributed by atoms with Crippen molar-refractivity contribution in [2.24, 2.45) is 4.99 Å². The first-order chi connectivity index (χ1) is 16.1. The highest BCUT2D eigenvalue weighted by atomic mass is 19.4. The highest BCUT2D eigenvalue weighted by Gasteiger charge is 2.36. The molecule has 0 aromatic heterocycles. The molecule has 1 aliphatic rings. The number of anilines is 1. The lowest BCUT2D eigenvalue weighted by atomic mass is 10.0. The van der Waals surface area contributed by atoms with Crippen LogP contribution in [-0.4, -0.2) is 12.9 Å². The van der Waals surface area contributed by atoms with Gasteiger partial charge in [0.15, 0.2) is 0 Å². The molecule has 176 valence electrons. The van der Waals surface area contributed by atoms with E-state index in [4.69, 9.17) is 4.74 Å². The minimum Gasteiger partial charge on any atom is -0.495 e. The van der Waals surface area contributed by atoms with E-state index in [9.17, 15) is 22.0 Å². The molecule has 4 nitrogen and oxygen atoms in total. The van der Waals surface area contributed by atoms with Crippen molar-refractivity contribution in [1.82, 2.24) is 5.32 Å². The number of ether oxygens (including phenoxy) is 1. The highest BCUT2D eigenvalue weighted by molar-refractivity contribution is 6.09. The fraction of sp³-hybridized carbons (Fsp3) is 0.160. The molecule has 0 spiro atoms. The third kappa shape index (κ3) is 4.33. The molecule has 1 aliphatic heterocycles. The molecule has 2 N–H and O–H groups in total. The summed E-state index contributed by atoms with van der Waals surface area (Å²) in [5, 5.41) is 5.96. The van der Waals surface area contributed by atoms with Gasteiger partial charge in [-0.15, -0.1) is 0 Å². The smallest absolute Gasteiger partial charge is 0.416 e. The van der Waals surface area contributed by atoms with E-state index in [1.165, 1.54) is 32.2 Å². The molecule has 0 aliphatic carbocycles. The zero-order valence-electron chi connectivity index (χ0n) is 18.2. The van der Waals surface area contributed by atoms with Crippen LogP contribution in [0.4, 0.5) is 27.6 Å². The molecule has 0 bridgehead atoms. The van der Waals surface area contributed by atoms with Crippen LogP contribution in [-0.2, 0) is 6.18 Å². The third-order valence-electron chi connectivity index (χ3n) is 5.50. The fourth-order valence-electron chi connectivity index (χ4n) is 3.83. The second-order valence-corrected chi connectivity index (χ2v) is 7.66. The Balaban J connectivity index is 1.82. The van der Waals surface area contributed by atoms with E-state index in [0.29, 0.717) is 17.0 Å². The van der Waals surface area contributed by atoms with Crippen molar-refractivity contribution in [1.29, 1.82) is 0 Å². The van der Waals surface area contributed by atoms with Crippen LogP contribution in [0.5, 0.6) is 5.75 Å². The van der Waals surface area contributed by atoms with Gasteiger partial charge in [-0.25, -0.2) is 13.8 Å². The molecule has 1 unspecified atom stereocenters. The Bertz CT molecular complexity index is 1300. The van der Waals surface area contributed by atoms with Crippen LogP contribution >= 0.6 is 0 Å². The van der Waals surface area contributed by atoms with Crippen molar-refractivity contribution in [3.8, 4) is 5.75 Å². The van der Waals surface area contributed by atoms with E-state index < -0.39 is 29.5 Å². The number of aliphatic imine (C=N–C) groups is 1. The van der Waals surface area contributed by atoms with Crippen molar-refractivity contribution < 1.29 is 26.7 Å². The van der Waals surface area contributed by atoms with Gasteiger partial charge in [0.05, 0.1) is 18.4 Å². The van der Waals surface area contributed by atoms with Gasteiger partial charge in [-0.2, -0.15) is 13.2 Å². The van der Waals surface area contributed by atoms with Crippen LogP contribution in [0, 0.1) is 18.6 Å². The minimum atomic E-state index is -4.60. The van der Waals surface area contributed by atoms with Crippen LogP contribution in [0.3, 0.4) is 0 Å². The van der Waals surface area contributed by atoms with Gasteiger partial charge in [0.25, 0.3) is 0 Å². The summed E-state index contributed by atoms with van der Waals surface area (Å²) in [6.07, 6.45) is -5.72. The normalized spacial score (nSPS) is 15.1. The molecule has 0 saturated carbocycles. The van der Waals surface area contributed by atoms with E-state index in [0.717, 1.165) is 18.2 Å². The van der Waals surface area contributed by atoms with Crippen LogP contribution in [0.2, 0.25) is 0 Å². The predicted octanol–water partition coefficient (Wildman–Crippen LogP) is 6.43. The molecule has 1 atom stereocenters. The SMILES string of the molecule is C=C(NC1=NC(c2ccccc2C(F)(F)F)Nc2c(OC)cccc21)c1cc(F)cc(F)c1C. The first kappa shape index (κ1) is 23.3. The van der Waals surface area contributed by atoms with E-state index >= 15 is 0 Å². The topological polar surface area (TPSA) is 45.7 Å². The maximum absolute atomic E-state index is 14.1. The summed E-state index contributed by atoms with van der Waals surface area (Å²) >= 11 is 0. The number of hydrogen-bond acceptors (Lipinski definition) is 4. The number of para-hydroxylation sites is 1. The zero-order valence-corrected chi connectivity index (χ0v) is 18.2. The van der Waals surface area contributed by atoms with Crippen molar-refractivity contribution in [3.63, 3.8) is 0 Å². The number of rotatable bonds is 4. The quantitative estimate of drug-likeness (QED) is 0.429. The first-order valence-electron chi connectivity index (χ1n) is 10.2. The van der Waals surface area contributed by atoms with E-state index in [1.54, 1.807) is 18.2 Å². The summed E-state index contributed by atoms with van der Waals surface area (Å²) in [6.45, 7) is 5.35. The molecule has 0 saturated heterocycles. The van der Waals surface area contributed by atoms with Crippen molar-refractivity contribution in [2.45, 2.75) is 19.3 Å². The monoisotopic (exact) mass is 473 g/mol. The van der Waals surface area contributed by atoms with Crippen molar-refractivity contribution >= 4 is 17.2 Å². The van der Waals surface area contributed by atoms with Gasteiger partial charge in [-0.3, -0.25) is 0 Å². The number of hydrogen-bond donors (Lipinski definition) is 2. The average molecular weight is 473 g/mol. The predicted molar refractivity (Wildman–Crippen MR) is 121 cm³/mol. The molecule has 34 heavy (non-hydrogen) atoms. The Labute approximate surface area is 192 Å². The van der Waals surface area contributed by atoms with Crippen molar-refractivity contribution in [2.75, 3.05) is 12.4 Å². The largest absolute Gasteiger partial charge is 0.495 e. The minimum absolute atomic E-state index is 0.0931. The molecule has 0 radical (unpaired) electrons. The van der Waals surface area contributed by atoms with Gasteiger partial charge >= 0.3 is 6.18 Å². The third-order valence-corrected chi connectivity index (χ3v) is 5.50. The van der Waals surface area contributed by atoms with Gasteiger partial charge in [0.1, 0.15) is 29.4 Å². The van der Waals surface area contributed by atoms with Gasteiger partial charge < -0.3 is 15.4 Å². The fourth-order valence-corrected chi connectivity index (χ4v) is 3.83. The summed E-state index contributed by atoms with van der Waals surface area (Å²) in [5.41, 5.74) is 0.456. The number of halogens is 5. The summed E-state index contributed by atoms with van der Waals surface area (Å²) in [4.78, 5) is 4.47. The van der Waals surface area contributed by atoms with Crippen LogP contribution < -0.4 is 15.4 Å². The summed E-state index contributed by atoms with van der Waals surface area (Å²) in [6, 6.07) is 12.0. The van der Waals surface area contributed by atoms with Crippen LogP contribution in [0.1, 0.15) is 34.0 Å². The summed E-state index contributed by atoms with van der Waals surface area (Å²) in [5.74, 6) is -0.972. The van der Waals surface area contributed by atoms with E-state index in [1.807, 2.05) is 0 Å². The molecule has 9 heteroatoms. The number of fused-ring (bicyclic) bond motifs is 1. The standard InChI is InChI=1S/C25H20F5N3O/c1-13-18(11-15(26)12-20(13)27)14(2)31-24-17-8-6-10-21(34-3)22(17)32-23(33-24)16-7-4-5-9-19(16)25(28,29)30/h4-12,23,32H,2H2,1,3H3,(H,31,33). The zero-order chi connectivity index (χ0) is 24.6. The van der Waals surface area contributed by atoms with Gasteiger partial charge in [0.2, 0.25) is 0 Å². The number of benzene rings is 3. The number of nitrogens with one attached hydrogen (secondary N) is 2. The number of methoxy groups -OCH3 is 1. The van der Waals surface area contributed by atoms with Crippen LogP contribution in [0.15, 0.2) is 66.2 Å². The van der Waals surface area contributed by atoms with Crippen LogP contribution in [0.25, 0.3) is 5.70 Å². The molecule has 1 heterocycles. The van der Waals surface area contributed by atoms with Gasteiger partial charge in [-0.05, 0) is 36.8 Å². The number of amidine groups is 1. The Morgan fingerprint density at radius 1 is 1.09 bits per heavy atom. The second kappa shape index (κ2) is 8.81. The molecular formula is C25H20F5N3O. The molecular weight excluding hydrogens is 453 g/mol. The molecule has 0 amide bonds. The maximum atomic E-state index is 14.1. The first-order valence-corrected chi connectivity index (χ1v) is 10.2.